The number of fused-ring (bicyclic) bond motifs is 2. The maximum atomic E-state index is 12.0. The molecule has 8 heteroatoms. The molecule has 0 aromatic carbocycles. The Morgan fingerprint density at radius 1 is 1.03 bits per heavy atom. The number of rotatable bonds is 0. The van der Waals surface area contributed by atoms with Crippen LogP contribution in [-0.4, -0.2) is 39.7 Å². The molecule has 0 spiro atoms. The van der Waals surface area contributed by atoms with Gasteiger partial charge in [-0.1, -0.05) is 35.3 Å². The highest BCUT2D eigenvalue weighted by Gasteiger charge is 2.26. The molecule has 2 aromatic heterocycles. The molecular weight excluding hydrogens is 411 g/mol. The molecule has 1 N–H and O–H groups in total. The lowest BCUT2D eigenvalue weighted by atomic mass is 10.1. The Kier molecular flexibility index (Phi) is 6.98. The topological polar surface area (TPSA) is 67.3 Å². The molecule has 0 unspecified atom stereocenters. The van der Waals surface area contributed by atoms with E-state index in [4.69, 9.17) is 27.9 Å². The van der Waals surface area contributed by atoms with E-state index in [1.807, 2.05) is 32.9 Å². The van der Waals surface area contributed by atoms with Gasteiger partial charge in [0.2, 0.25) is 0 Å². The fraction of sp³-hybridized carbons (Fsp3) is 0.476. The van der Waals surface area contributed by atoms with Crippen LogP contribution in [0.5, 0.6) is 0 Å². The summed E-state index contributed by atoms with van der Waals surface area (Å²) in [5.74, 6) is 0. The molecule has 6 nitrogen and oxygen atoms in total. The number of hydrogen-bond donors (Lipinski definition) is 1. The number of ether oxygens (including phenoxy) is 1. The van der Waals surface area contributed by atoms with Crippen molar-refractivity contribution in [1.82, 2.24) is 20.2 Å². The first-order valence-electron chi connectivity index (χ1n) is 9.68. The molecule has 29 heavy (non-hydrogen) atoms. The van der Waals surface area contributed by atoms with Gasteiger partial charge < -0.3 is 15.0 Å². The van der Waals surface area contributed by atoms with E-state index in [0.29, 0.717) is 23.4 Å². The summed E-state index contributed by atoms with van der Waals surface area (Å²) in [6.07, 6.45) is 1.56. The molecule has 0 fully saturated rings. The van der Waals surface area contributed by atoms with Gasteiger partial charge in [0.1, 0.15) is 15.9 Å². The molecule has 0 aliphatic carbocycles. The number of nitrogens with one attached hydrogen (secondary N) is 1. The highest BCUT2D eigenvalue weighted by atomic mass is 35.5. The third kappa shape index (κ3) is 6.29. The van der Waals surface area contributed by atoms with Crippen LogP contribution in [0.15, 0.2) is 24.3 Å². The zero-order valence-corrected chi connectivity index (χ0v) is 18.5. The average molecular weight is 437 g/mol. The number of pyridine rings is 2. The van der Waals surface area contributed by atoms with Crippen molar-refractivity contribution in [1.29, 1.82) is 0 Å². The highest BCUT2D eigenvalue weighted by Crippen LogP contribution is 2.21. The molecule has 2 aromatic rings. The van der Waals surface area contributed by atoms with Gasteiger partial charge in [0.05, 0.1) is 17.9 Å². The summed E-state index contributed by atoms with van der Waals surface area (Å²) in [4.78, 5) is 22.1. The summed E-state index contributed by atoms with van der Waals surface area (Å²) in [6, 6.07) is 7.66. The fourth-order valence-electron chi connectivity index (χ4n) is 3.18. The van der Waals surface area contributed by atoms with Crippen LogP contribution < -0.4 is 5.32 Å². The van der Waals surface area contributed by atoms with Gasteiger partial charge in [-0.15, -0.1) is 0 Å². The van der Waals surface area contributed by atoms with Gasteiger partial charge in [0, 0.05) is 13.1 Å². The lowest BCUT2D eigenvalue weighted by molar-refractivity contribution is 0.0221. The van der Waals surface area contributed by atoms with Crippen LogP contribution in [-0.2, 0) is 30.7 Å². The second-order valence-electron chi connectivity index (χ2n) is 8.06. The summed E-state index contributed by atoms with van der Waals surface area (Å²) < 4.78 is 5.35. The van der Waals surface area contributed by atoms with E-state index < -0.39 is 5.60 Å². The highest BCUT2D eigenvalue weighted by molar-refractivity contribution is 6.29. The second kappa shape index (κ2) is 9.28. The lowest BCUT2D eigenvalue weighted by Gasteiger charge is -2.30. The SMILES string of the molecule is CC(C)(C)OC(=O)N1CCc2ccc(Cl)nc2C1.Clc1ccc2c(n1)CNCC2. The number of carbonyl (C=O) groups excluding carboxylic acids is 1. The van der Waals surface area contributed by atoms with E-state index >= 15 is 0 Å². The molecule has 4 rings (SSSR count). The molecule has 1 amide bonds. The number of nitrogens with zero attached hydrogens (tertiary/aromatic N) is 3. The average Bonchev–Trinajstić information content (AvgIpc) is 2.66. The van der Waals surface area contributed by atoms with Crippen molar-refractivity contribution < 1.29 is 9.53 Å². The minimum atomic E-state index is -0.473. The first kappa shape index (κ1) is 21.8. The van der Waals surface area contributed by atoms with Gasteiger partial charge in [0.15, 0.2) is 0 Å². The number of amides is 1. The molecule has 0 bridgehead atoms. The van der Waals surface area contributed by atoms with E-state index in [9.17, 15) is 4.79 Å². The Morgan fingerprint density at radius 3 is 2.31 bits per heavy atom. The van der Waals surface area contributed by atoms with Crippen LogP contribution in [0.25, 0.3) is 0 Å². The summed E-state index contributed by atoms with van der Waals surface area (Å²) in [6.45, 7) is 8.61. The van der Waals surface area contributed by atoms with Crippen molar-refractivity contribution in [2.24, 2.45) is 0 Å². The quantitative estimate of drug-likeness (QED) is 0.619. The van der Waals surface area contributed by atoms with Gasteiger partial charge in [-0.25, -0.2) is 14.8 Å². The van der Waals surface area contributed by atoms with Crippen LogP contribution in [0.3, 0.4) is 0 Å². The number of halogens is 2. The van der Waals surface area contributed by atoms with E-state index in [2.05, 4.69) is 21.4 Å². The maximum Gasteiger partial charge on any atom is 0.410 e. The van der Waals surface area contributed by atoms with Gasteiger partial charge in [-0.05, 0) is 63.4 Å². The summed E-state index contributed by atoms with van der Waals surface area (Å²) in [5.41, 5.74) is 3.97. The standard InChI is InChI=1S/C13H17ClN2O2.C8H9ClN2/c1-13(2,3)18-12(17)16-7-6-9-4-5-11(14)15-10(9)8-16;9-8-2-1-6-3-4-10-5-7(6)11-8/h4-5H,6-8H2,1-3H3;1-2,10H,3-5H2. The molecule has 2 aliphatic heterocycles. The third-order valence-corrected chi connectivity index (χ3v) is 5.00. The first-order valence-corrected chi connectivity index (χ1v) is 10.4. The molecule has 0 radical (unpaired) electrons. The Bertz CT molecular complexity index is 883. The van der Waals surface area contributed by atoms with Crippen molar-refractivity contribution in [3.63, 3.8) is 0 Å². The molecular formula is C21H26Cl2N4O2. The van der Waals surface area contributed by atoms with Gasteiger partial charge in [-0.3, -0.25) is 0 Å². The maximum absolute atomic E-state index is 12.0. The van der Waals surface area contributed by atoms with Crippen LogP contribution in [0.2, 0.25) is 10.3 Å². The van der Waals surface area contributed by atoms with Crippen LogP contribution in [0.4, 0.5) is 4.79 Å². The predicted molar refractivity (Wildman–Crippen MR) is 114 cm³/mol. The van der Waals surface area contributed by atoms with Crippen molar-refractivity contribution >= 4 is 29.3 Å². The zero-order chi connectivity index (χ0) is 21.0. The number of carbonyl (C=O) groups is 1. The molecule has 156 valence electrons. The van der Waals surface area contributed by atoms with Gasteiger partial charge in [0.25, 0.3) is 0 Å². The van der Waals surface area contributed by atoms with Crippen LogP contribution >= 0.6 is 23.2 Å². The van der Waals surface area contributed by atoms with E-state index in [1.165, 1.54) is 5.56 Å². The van der Waals surface area contributed by atoms with Crippen molar-refractivity contribution in [3.05, 3.63) is 57.1 Å². The Labute approximate surface area is 181 Å². The van der Waals surface area contributed by atoms with Crippen LogP contribution in [0.1, 0.15) is 43.3 Å². The summed E-state index contributed by atoms with van der Waals surface area (Å²) in [5, 5.41) is 4.30. The van der Waals surface area contributed by atoms with Crippen molar-refractivity contribution in [2.75, 3.05) is 13.1 Å². The Hall–Kier alpha value is -1.89. The van der Waals surface area contributed by atoms with Gasteiger partial charge >= 0.3 is 6.09 Å². The molecule has 0 saturated heterocycles. The minimum Gasteiger partial charge on any atom is -0.444 e. The fourth-order valence-corrected chi connectivity index (χ4v) is 3.51. The van der Waals surface area contributed by atoms with E-state index in [-0.39, 0.29) is 6.09 Å². The normalized spacial score (nSPS) is 15.6. The lowest BCUT2D eigenvalue weighted by Crippen LogP contribution is -2.40. The molecule has 0 atom stereocenters. The Morgan fingerprint density at radius 2 is 1.66 bits per heavy atom. The van der Waals surface area contributed by atoms with Crippen molar-refractivity contribution in [3.8, 4) is 0 Å². The largest absolute Gasteiger partial charge is 0.444 e. The zero-order valence-electron chi connectivity index (χ0n) is 17.0. The van der Waals surface area contributed by atoms with Gasteiger partial charge in [-0.2, -0.15) is 0 Å². The second-order valence-corrected chi connectivity index (χ2v) is 8.83. The molecule has 2 aliphatic rings. The Balaban J connectivity index is 0.000000186. The smallest absolute Gasteiger partial charge is 0.410 e. The molecule has 0 saturated carbocycles. The summed E-state index contributed by atoms with van der Waals surface area (Å²) in [7, 11) is 0. The summed E-state index contributed by atoms with van der Waals surface area (Å²) >= 11 is 11.6. The van der Waals surface area contributed by atoms with E-state index in [0.717, 1.165) is 42.9 Å². The first-order chi connectivity index (χ1) is 13.7. The third-order valence-electron chi connectivity index (χ3n) is 4.58. The monoisotopic (exact) mass is 436 g/mol. The molecule has 4 heterocycles. The predicted octanol–water partition coefficient (Wildman–Crippen LogP) is 4.41. The number of hydrogen-bond acceptors (Lipinski definition) is 5. The van der Waals surface area contributed by atoms with Crippen molar-refractivity contribution in [2.45, 2.75) is 52.3 Å². The van der Waals surface area contributed by atoms with Crippen LogP contribution in [0, 0.1) is 0 Å². The van der Waals surface area contributed by atoms with E-state index in [1.54, 1.807) is 11.0 Å². The minimum absolute atomic E-state index is 0.296. The number of aromatic nitrogens is 2.